The maximum absolute atomic E-state index is 12.4. The maximum atomic E-state index is 12.4. The van der Waals surface area contributed by atoms with Crippen molar-refractivity contribution < 1.29 is 9.59 Å². The van der Waals surface area contributed by atoms with E-state index in [0.717, 1.165) is 36.8 Å². The molecule has 1 fully saturated rings. The second-order valence-electron chi connectivity index (χ2n) is 7.71. The highest BCUT2D eigenvalue weighted by Gasteiger charge is 2.25. The van der Waals surface area contributed by atoms with Crippen LogP contribution in [0, 0.1) is 12.8 Å². The Morgan fingerprint density at radius 1 is 1.00 bits per heavy atom. The second kappa shape index (κ2) is 11.0. The minimum absolute atomic E-state index is 0. The summed E-state index contributed by atoms with van der Waals surface area (Å²) in [5, 5.41) is 5.94. The molecule has 0 aromatic heterocycles. The number of halogens is 1. The van der Waals surface area contributed by atoms with Crippen molar-refractivity contribution in [3.8, 4) is 0 Å². The Bertz CT molecular complexity index is 823. The van der Waals surface area contributed by atoms with Gasteiger partial charge in [0.25, 0.3) is 5.91 Å². The van der Waals surface area contributed by atoms with Crippen molar-refractivity contribution in [3.05, 3.63) is 70.8 Å². The monoisotopic (exact) mass is 415 g/mol. The van der Waals surface area contributed by atoms with E-state index < -0.39 is 0 Å². The van der Waals surface area contributed by atoms with Crippen LogP contribution in [0.1, 0.15) is 52.7 Å². The molecule has 2 atom stereocenters. The Kier molecular flexibility index (Phi) is 8.68. The zero-order valence-electron chi connectivity index (χ0n) is 16.8. The molecular formula is C23H30ClN3O2. The number of hydrogen-bond donors (Lipinski definition) is 3. The van der Waals surface area contributed by atoms with E-state index >= 15 is 0 Å². The number of rotatable bonds is 6. The van der Waals surface area contributed by atoms with Gasteiger partial charge in [0.1, 0.15) is 0 Å². The fraction of sp³-hybridized carbons (Fsp3) is 0.391. The van der Waals surface area contributed by atoms with Crippen molar-refractivity contribution in [3.63, 3.8) is 0 Å². The van der Waals surface area contributed by atoms with Crippen molar-refractivity contribution in [1.82, 2.24) is 10.6 Å². The van der Waals surface area contributed by atoms with Crippen LogP contribution in [0.3, 0.4) is 0 Å². The van der Waals surface area contributed by atoms with Crippen LogP contribution in [0.5, 0.6) is 0 Å². The molecule has 0 spiro atoms. The number of nitrogens with one attached hydrogen (secondary N) is 2. The van der Waals surface area contributed by atoms with Crippen LogP contribution in [0.2, 0.25) is 0 Å². The number of carbonyl (C=O) groups is 2. The Hall–Kier alpha value is -2.37. The van der Waals surface area contributed by atoms with Crippen molar-refractivity contribution in [2.45, 2.75) is 51.7 Å². The van der Waals surface area contributed by atoms with Gasteiger partial charge < -0.3 is 16.4 Å². The third-order valence-electron chi connectivity index (χ3n) is 5.32. The minimum Gasteiger partial charge on any atom is -0.352 e. The quantitative estimate of drug-likeness (QED) is 0.675. The van der Waals surface area contributed by atoms with Gasteiger partial charge in [-0.15, -0.1) is 12.4 Å². The molecule has 0 heterocycles. The van der Waals surface area contributed by atoms with Crippen LogP contribution in [-0.4, -0.2) is 17.9 Å². The number of aryl methyl sites for hydroxylation is 1. The molecule has 156 valence electrons. The lowest BCUT2D eigenvalue weighted by molar-refractivity contribution is -0.126. The molecule has 2 amide bonds. The van der Waals surface area contributed by atoms with Crippen molar-refractivity contribution in [1.29, 1.82) is 0 Å². The molecule has 2 unspecified atom stereocenters. The van der Waals surface area contributed by atoms with E-state index in [1.165, 1.54) is 5.56 Å². The fourth-order valence-corrected chi connectivity index (χ4v) is 3.61. The molecule has 4 N–H and O–H groups in total. The predicted molar refractivity (Wildman–Crippen MR) is 118 cm³/mol. The van der Waals surface area contributed by atoms with Gasteiger partial charge in [0, 0.05) is 30.6 Å². The summed E-state index contributed by atoms with van der Waals surface area (Å²) in [6.07, 6.45) is 3.67. The molecule has 29 heavy (non-hydrogen) atoms. The second-order valence-corrected chi connectivity index (χ2v) is 7.71. The molecule has 2 aromatic rings. The van der Waals surface area contributed by atoms with E-state index in [4.69, 9.17) is 5.73 Å². The van der Waals surface area contributed by atoms with Gasteiger partial charge in [0.15, 0.2) is 0 Å². The molecular weight excluding hydrogens is 386 g/mol. The summed E-state index contributed by atoms with van der Waals surface area (Å²) in [7, 11) is 0. The Labute approximate surface area is 178 Å². The molecule has 5 nitrogen and oxygen atoms in total. The average molecular weight is 416 g/mol. The summed E-state index contributed by atoms with van der Waals surface area (Å²) in [4.78, 5) is 24.8. The first kappa shape index (κ1) is 22.9. The van der Waals surface area contributed by atoms with Crippen molar-refractivity contribution in [2.75, 3.05) is 0 Å². The van der Waals surface area contributed by atoms with E-state index in [-0.39, 0.29) is 36.2 Å². The average Bonchev–Trinajstić information content (AvgIpc) is 2.71. The molecule has 0 radical (unpaired) electrons. The largest absolute Gasteiger partial charge is 0.352 e. The van der Waals surface area contributed by atoms with Crippen LogP contribution in [-0.2, 0) is 17.9 Å². The van der Waals surface area contributed by atoms with E-state index in [0.29, 0.717) is 18.7 Å². The minimum atomic E-state index is -0.119. The fourth-order valence-electron chi connectivity index (χ4n) is 3.61. The first-order chi connectivity index (χ1) is 13.5. The summed E-state index contributed by atoms with van der Waals surface area (Å²) in [6, 6.07) is 15.6. The lowest BCUT2D eigenvalue weighted by Crippen LogP contribution is -2.37. The standard InChI is InChI=1S/C23H29N3O2.ClH/c1-16-8-10-17(11-9-16)14-25-22(27)19-5-2-4-18(12-19)15-26-23(28)20-6-3-7-21(24)13-20;/h2,4-5,8-12,20-21H,3,6-7,13-15,24H2,1H3,(H,25,27)(H,26,28);1H. The molecule has 6 heteroatoms. The van der Waals surface area contributed by atoms with Gasteiger partial charge in [-0.25, -0.2) is 0 Å². The predicted octanol–water partition coefficient (Wildman–Crippen LogP) is 3.48. The highest BCUT2D eigenvalue weighted by molar-refractivity contribution is 5.94. The summed E-state index contributed by atoms with van der Waals surface area (Å²) < 4.78 is 0. The third kappa shape index (κ3) is 6.87. The van der Waals surface area contributed by atoms with E-state index in [9.17, 15) is 9.59 Å². The number of nitrogens with two attached hydrogens (primary N) is 1. The SMILES string of the molecule is Cc1ccc(CNC(=O)c2cccc(CNC(=O)C3CCCC(N)C3)c2)cc1.Cl. The van der Waals surface area contributed by atoms with Crippen LogP contribution in [0.4, 0.5) is 0 Å². The maximum Gasteiger partial charge on any atom is 0.251 e. The molecule has 1 saturated carbocycles. The van der Waals surface area contributed by atoms with Gasteiger partial charge in [-0.05, 0) is 49.4 Å². The molecule has 2 aromatic carbocycles. The number of amides is 2. The summed E-state index contributed by atoms with van der Waals surface area (Å²) >= 11 is 0. The lowest BCUT2D eigenvalue weighted by atomic mass is 9.85. The molecule has 0 aliphatic heterocycles. The summed E-state index contributed by atoms with van der Waals surface area (Å²) in [6.45, 7) is 2.95. The Morgan fingerprint density at radius 3 is 2.45 bits per heavy atom. The highest BCUT2D eigenvalue weighted by Crippen LogP contribution is 2.23. The lowest BCUT2D eigenvalue weighted by Gasteiger charge is -2.25. The van der Waals surface area contributed by atoms with Gasteiger partial charge in [0.2, 0.25) is 5.91 Å². The smallest absolute Gasteiger partial charge is 0.251 e. The first-order valence-electron chi connectivity index (χ1n) is 9.97. The zero-order valence-corrected chi connectivity index (χ0v) is 17.6. The van der Waals surface area contributed by atoms with Gasteiger partial charge in [-0.1, -0.05) is 48.4 Å². The number of carbonyl (C=O) groups excluding carboxylic acids is 2. The van der Waals surface area contributed by atoms with Crippen LogP contribution >= 0.6 is 12.4 Å². The molecule has 1 aliphatic rings. The van der Waals surface area contributed by atoms with Gasteiger partial charge in [0.05, 0.1) is 0 Å². The topological polar surface area (TPSA) is 84.2 Å². The van der Waals surface area contributed by atoms with Gasteiger partial charge in [-0.2, -0.15) is 0 Å². The van der Waals surface area contributed by atoms with E-state index in [1.807, 2.05) is 49.4 Å². The number of hydrogen-bond acceptors (Lipinski definition) is 3. The summed E-state index contributed by atoms with van der Waals surface area (Å²) in [5.74, 6) is -0.0545. The zero-order chi connectivity index (χ0) is 19.9. The third-order valence-corrected chi connectivity index (χ3v) is 5.32. The van der Waals surface area contributed by atoms with Crippen molar-refractivity contribution >= 4 is 24.2 Å². The number of benzene rings is 2. The molecule has 0 saturated heterocycles. The van der Waals surface area contributed by atoms with Crippen molar-refractivity contribution in [2.24, 2.45) is 11.7 Å². The molecule has 0 bridgehead atoms. The van der Waals surface area contributed by atoms with E-state index in [1.54, 1.807) is 6.07 Å². The van der Waals surface area contributed by atoms with Crippen LogP contribution in [0.25, 0.3) is 0 Å². The highest BCUT2D eigenvalue weighted by atomic mass is 35.5. The summed E-state index contributed by atoms with van der Waals surface area (Å²) in [5.41, 5.74) is 9.74. The van der Waals surface area contributed by atoms with Crippen LogP contribution < -0.4 is 16.4 Å². The Balaban J connectivity index is 0.00000300. The molecule has 3 rings (SSSR count). The molecule has 1 aliphatic carbocycles. The Morgan fingerprint density at radius 2 is 1.72 bits per heavy atom. The van der Waals surface area contributed by atoms with Gasteiger partial charge >= 0.3 is 0 Å². The normalized spacial score (nSPS) is 18.4. The first-order valence-corrected chi connectivity index (χ1v) is 9.97. The van der Waals surface area contributed by atoms with E-state index in [2.05, 4.69) is 10.6 Å². The van der Waals surface area contributed by atoms with Crippen LogP contribution in [0.15, 0.2) is 48.5 Å². The van der Waals surface area contributed by atoms with Gasteiger partial charge in [-0.3, -0.25) is 9.59 Å².